The maximum atomic E-state index is 12.7. The van der Waals surface area contributed by atoms with Crippen LogP contribution in [0.2, 0.25) is 0 Å². The second-order valence-electron chi connectivity index (χ2n) is 7.42. The molecule has 5 nitrogen and oxygen atoms in total. The molecule has 152 valence electrons. The van der Waals surface area contributed by atoms with Crippen LogP contribution in [0.5, 0.6) is 11.6 Å². The Balaban J connectivity index is 2.20. The summed E-state index contributed by atoms with van der Waals surface area (Å²) in [6.07, 6.45) is 0. The molecule has 0 fully saturated rings. The number of nitrogens with zero attached hydrogens (tertiary/aromatic N) is 1. The maximum Gasteiger partial charge on any atom is 0.331 e. The molecule has 0 amide bonds. The third-order valence-electron chi connectivity index (χ3n) is 4.44. The van der Waals surface area contributed by atoms with E-state index in [4.69, 9.17) is 4.74 Å². The molecule has 0 saturated carbocycles. The van der Waals surface area contributed by atoms with Gasteiger partial charge in [0.1, 0.15) is 5.75 Å². The SMILES string of the molecule is Cc1cc(C)cc(Oc2c(C(C)C)c(=O)[nH]c(=O)n2Cc2cc(Br)cc(Br)c2)c1. The Labute approximate surface area is 186 Å². The van der Waals surface area contributed by atoms with E-state index >= 15 is 0 Å². The zero-order valence-corrected chi connectivity index (χ0v) is 19.8. The minimum absolute atomic E-state index is 0.124. The highest BCUT2D eigenvalue weighted by atomic mass is 79.9. The summed E-state index contributed by atoms with van der Waals surface area (Å²) in [7, 11) is 0. The molecular formula is C22H22Br2N2O3. The van der Waals surface area contributed by atoms with Crippen molar-refractivity contribution in [1.82, 2.24) is 9.55 Å². The molecule has 1 heterocycles. The van der Waals surface area contributed by atoms with Crippen LogP contribution in [0, 0.1) is 13.8 Å². The number of nitrogens with one attached hydrogen (secondary N) is 1. The number of hydrogen-bond donors (Lipinski definition) is 1. The zero-order chi connectivity index (χ0) is 21.3. The predicted octanol–water partition coefficient (Wildman–Crippen LogP) is 5.64. The normalized spacial score (nSPS) is 11.1. The maximum absolute atomic E-state index is 12.7. The van der Waals surface area contributed by atoms with Gasteiger partial charge in [-0.1, -0.05) is 51.8 Å². The van der Waals surface area contributed by atoms with Crippen LogP contribution in [0.25, 0.3) is 0 Å². The van der Waals surface area contributed by atoms with Crippen molar-refractivity contribution in [2.24, 2.45) is 0 Å². The Morgan fingerprint density at radius 2 is 1.55 bits per heavy atom. The Morgan fingerprint density at radius 1 is 0.966 bits per heavy atom. The highest BCUT2D eigenvalue weighted by Crippen LogP contribution is 2.29. The molecule has 29 heavy (non-hydrogen) atoms. The first-order valence-corrected chi connectivity index (χ1v) is 10.8. The van der Waals surface area contributed by atoms with Gasteiger partial charge in [-0.15, -0.1) is 0 Å². The number of aryl methyl sites for hydroxylation is 2. The number of hydrogen-bond acceptors (Lipinski definition) is 3. The van der Waals surface area contributed by atoms with Gasteiger partial charge < -0.3 is 4.74 Å². The number of benzene rings is 2. The first kappa shape index (κ1) is 21.6. The van der Waals surface area contributed by atoms with Gasteiger partial charge in [0.15, 0.2) is 0 Å². The number of ether oxygens (including phenoxy) is 1. The predicted molar refractivity (Wildman–Crippen MR) is 122 cm³/mol. The molecular weight excluding hydrogens is 500 g/mol. The Kier molecular flexibility index (Phi) is 6.49. The first-order valence-electron chi connectivity index (χ1n) is 9.22. The van der Waals surface area contributed by atoms with Gasteiger partial charge in [0, 0.05) is 8.95 Å². The van der Waals surface area contributed by atoms with E-state index in [-0.39, 0.29) is 18.3 Å². The summed E-state index contributed by atoms with van der Waals surface area (Å²) in [5, 5.41) is 0. The van der Waals surface area contributed by atoms with E-state index in [1.807, 2.05) is 64.1 Å². The van der Waals surface area contributed by atoms with Crippen LogP contribution in [-0.4, -0.2) is 9.55 Å². The second-order valence-corrected chi connectivity index (χ2v) is 9.25. The molecule has 3 aromatic rings. The lowest BCUT2D eigenvalue weighted by atomic mass is 10.1. The highest BCUT2D eigenvalue weighted by Gasteiger charge is 2.20. The lowest BCUT2D eigenvalue weighted by molar-refractivity contribution is 0.410. The Morgan fingerprint density at radius 3 is 2.10 bits per heavy atom. The minimum Gasteiger partial charge on any atom is -0.440 e. The lowest BCUT2D eigenvalue weighted by Gasteiger charge is -2.19. The molecule has 0 aliphatic heterocycles. The van der Waals surface area contributed by atoms with Crippen LogP contribution in [0.15, 0.2) is 54.9 Å². The van der Waals surface area contributed by atoms with Crippen LogP contribution < -0.4 is 16.0 Å². The topological polar surface area (TPSA) is 64.1 Å². The smallest absolute Gasteiger partial charge is 0.331 e. The standard InChI is InChI=1S/C22H22Br2N2O3/c1-12(2)19-20(27)25-22(28)26(11-15-8-16(23)10-17(24)9-15)21(19)29-18-6-13(3)5-14(4)7-18/h5-10,12H,11H2,1-4H3,(H,25,27,28). The quantitative estimate of drug-likeness (QED) is 0.472. The van der Waals surface area contributed by atoms with Gasteiger partial charge in [0.25, 0.3) is 5.56 Å². The van der Waals surface area contributed by atoms with Crippen molar-refractivity contribution in [2.45, 2.75) is 40.2 Å². The van der Waals surface area contributed by atoms with E-state index in [1.165, 1.54) is 4.57 Å². The Bertz CT molecular complexity index is 1140. The van der Waals surface area contributed by atoms with Crippen LogP contribution in [-0.2, 0) is 6.54 Å². The van der Waals surface area contributed by atoms with Crippen molar-refractivity contribution >= 4 is 31.9 Å². The summed E-state index contributed by atoms with van der Waals surface area (Å²) in [6.45, 7) is 8.03. The van der Waals surface area contributed by atoms with E-state index in [9.17, 15) is 9.59 Å². The number of rotatable bonds is 5. The molecule has 0 aliphatic rings. The largest absolute Gasteiger partial charge is 0.440 e. The average Bonchev–Trinajstić information content (AvgIpc) is 2.56. The molecule has 0 aliphatic carbocycles. The minimum atomic E-state index is -0.505. The van der Waals surface area contributed by atoms with Crippen molar-refractivity contribution in [3.05, 3.63) is 88.4 Å². The summed E-state index contributed by atoms with van der Waals surface area (Å²) < 4.78 is 9.43. The van der Waals surface area contributed by atoms with Crippen molar-refractivity contribution in [2.75, 3.05) is 0 Å². The molecule has 0 spiro atoms. The van der Waals surface area contributed by atoms with Gasteiger partial charge >= 0.3 is 5.69 Å². The fourth-order valence-corrected chi connectivity index (χ4v) is 4.71. The average molecular weight is 522 g/mol. The molecule has 1 aromatic heterocycles. The van der Waals surface area contributed by atoms with Gasteiger partial charge in [-0.2, -0.15) is 0 Å². The highest BCUT2D eigenvalue weighted by molar-refractivity contribution is 9.11. The summed E-state index contributed by atoms with van der Waals surface area (Å²) >= 11 is 6.95. The zero-order valence-electron chi connectivity index (χ0n) is 16.7. The number of aromatic amines is 1. The van der Waals surface area contributed by atoms with Crippen LogP contribution in [0.1, 0.15) is 42.0 Å². The van der Waals surface area contributed by atoms with Gasteiger partial charge in [0.05, 0.1) is 12.1 Å². The lowest BCUT2D eigenvalue weighted by Crippen LogP contribution is -2.34. The third-order valence-corrected chi connectivity index (χ3v) is 5.35. The fourth-order valence-electron chi connectivity index (χ4n) is 3.32. The van der Waals surface area contributed by atoms with Crippen molar-refractivity contribution in [3.8, 4) is 11.6 Å². The van der Waals surface area contributed by atoms with E-state index in [0.717, 1.165) is 25.6 Å². The first-order chi connectivity index (χ1) is 13.6. The molecule has 1 N–H and O–H groups in total. The number of halogens is 2. The molecule has 0 atom stereocenters. The molecule has 0 radical (unpaired) electrons. The summed E-state index contributed by atoms with van der Waals surface area (Å²) in [5.41, 5.74) is 2.49. The van der Waals surface area contributed by atoms with Crippen LogP contribution in [0.3, 0.4) is 0 Å². The van der Waals surface area contributed by atoms with Gasteiger partial charge in [-0.25, -0.2) is 4.79 Å². The van der Waals surface area contributed by atoms with E-state index < -0.39 is 11.2 Å². The fraction of sp³-hybridized carbons (Fsp3) is 0.273. The van der Waals surface area contributed by atoms with Crippen molar-refractivity contribution in [3.63, 3.8) is 0 Å². The van der Waals surface area contributed by atoms with Gasteiger partial charge in [-0.05, 0) is 66.8 Å². The van der Waals surface area contributed by atoms with E-state index in [1.54, 1.807) is 0 Å². The van der Waals surface area contributed by atoms with Crippen LogP contribution in [0.4, 0.5) is 0 Å². The van der Waals surface area contributed by atoms with Gasteiger partial charge in [0.2, 0.25) is 5.88 Å². The monoisotopic (exact) mass is 520 g/mol. The van der Waals surface area contributed by atoms with Crippen molar-refractivity contribution in [1.29, 1.82) is 0 Å². The van der Waals surface area contributed by atoms with Gasteiger partial charge in [-0.3, -0.25) is 14.3 Å². The summed E-state index contributed by atoms with van der Waals surface area (Å²) in [4.78, 5) is 27.7. The number of H-pyrrole nitrogens is 1. The molecule has 0 saturated heterocycles. The molecule has 0 bridgehead atoms. The molecule has 2 aromatic carbocycles. The molecule has 0 unspecified atom stereocenters. The second kappa shape index (κ2) is 8.71. The Hall–Kier alpha value is -2.12. The van der Waals surface area contributed by atoms with Crippen molar-refractivity contribution < 1.29 is 4.74 Å². The summed E-state index contributed by atoms with van der Waals surface area (Å²) in [6, 6.07) is 11.6. The third kappa shape index (κ3) is 5.08. The van der Waals surface area contributed by atoms with E-state index in [2.05, 4.69) is 36.8 Å². The molecule has 7 heteroatoms. The number of aromatic nitrogens is 2. The summed E-state index contributed by atoms with van der Waals surface area (Å²) in [5.74, 6) is 0.745. The van der Waals surface area contributed by atoms with E-state index in [0.29, 0.717) is 11.3 Å². The molecule has 3 rings (SSSR count). The van der Waals surface area contributed by atoms with Crippen LogP contribution >= 0.6 is 31.9 Å².